The molecule has 0 aliphatic heterocycles. The minimum atomic E-state index is -1.62. The molecule has 1 atom stereocenters. The molecule has 2 N–H and O–H groups in total. The van der Waals surface area contributed by atoms with E-state index in [2.05, 4.69) is 0 Å². The average molecular weight is 441 g/mol. The maximum atomic E-state index is 12.7. The molecule has 4 rings (SSSR count). The number of carbonyl (C=O) groups excluding carboxylic acids is 1. The van der Waals surface area contributed by atoms with Gasteiger partial charge in [0.1, 0.15) is 29.0 Å². The third kappa shape index (κ3) is 3.18. The summed E-state index contributed by atoms with van der Waals surface area (Å²) in [5.41, 5.74) is -0.504. The fraction of sp³-hybridized carbons (Fsp3) is 0.174. The summed E-state index contributed by atoms with van der Waals surface area (Å²) in [5, 5.41) is 22.2. The van der Waals surface area contributed by atoms with Crippen molar-refractivity contribution in [3.8, 4) is 11.5 Å². The van der Waals surface area contributed by atoms with Crippen LogP contribution in [0.3, 0.4) is 0 Å². The van der Waals surface area contributed by atoms with E-state index in [1.807, 2.05) is 13.8 Å². The van der Waals surface area contributed by atoms with Crippen LogP contribution in [0.1, 0.15) is 33.7 Å². The number of fused-ring (bicyclic) bond motifs is 2. The van der Waals surface area contributed by atoms with Crippen molar-refractivity contribution in [3.63, 3.8) is 0 Å². The largest absolute Gasteiger partial charge is 0.507 e. The average Bonchev–Trinajstić information content (AvgIpc) is 2.70. The maximum absolute atomic E-state index is 12.7. The highest BCUT2D eigenvalue weighted by Crippen LogP contribution is 2.39. The molecular weight excluding hydrogens is 424 g/mol. The maximum Gasteiger partial charge on any atom is 0.344 e. The summed E-state index contributed by atoms with van der Waals surface area (Å²) in [6, 6.07) is 6.08. The van der Waals surface area contributed by atoms with Crippen LogP contribution in [0.4, 0.5) is 0 Å². The third-order valence-corrected chi connectivity index (χ3v) is 5.89. The Morgan fingerprint density at radius 1 is 0.806 bits per heavy atom. The SMILES string of the molecule is Cc1cc2oc(=O)c(C(C=O)c3c(O)c4cc(Cl)c(C)cc4oc3=O)c(O)c2cc1C. The molecule has 31 heavy (non-hydrogen) atoms. The lowest BCUT2D eigenvalue weighted by Gasteiger charge is -2.15. The molecule has 0 bridgehead atoms. The molecule has 8 heteroatoms. The molecular formula is C23H17ClO7. The third-order valence-electron chi connectivity index (χ3n) is 5.48. The van der Waals surface area contributed by atoms with Crippen LogP contribution in [-0.4, -0.2) is 16.5 Å². The van der Waals surface area contributed by atoms with Crippen LogP contribution in [0.2, 0.25) is 5.02 Å². The fourth-order valence-electron chi connectivity index (χ4n) is 3.61. The highest BCUT2D eigenvalue weighted by Gasteiger charge is 2.31. The predicted molar refractivity (Wildman–Crippen MR) is 115 cm³/mol. The molecule has 1 unspecified atom stereocenters. The number of aldehydes is 1. The fourth-order valence-corrected chi connectivity index (χ4v) is 3.77. The minimum absolute atomic E-state index is 0.0682. The summed E-state index contributed by atoms with van der Waals surface area (Å²) in [5.74, 6) is -2.69. The van der Waals surface area contributed by atoms with E-state index in [1.54, 1.807) is 19.1 Å². The van der Waals surface area contributed by atoms with E-state index in [4.69, 9.17) is 20.4 Å². The van der Waals surface area contributed by atoms with E-state index in [9.17, 15) is 24.6 Å². The summed E-state index contributed by atoms with van der Waals surface area (Å²) in [4.78, 5) is 37.4. The Labute approximate surface area is 180 Å². The number of hydrogen-bond acceptors (Lipinski definition) is 7. The van der Waals surface area contributed by atoms with Gasteiger partial charge in [0.2, 0.25) is 0 Å². The molecule has 0 saturated carbocycles. The number of benzene rings is 2. The van der Waals surface area contributed by atoms with Crippen LogP contribution < -0.4 is 11.3 Å². The number of aromatic hydroxyl groups is 2. The Balaban J connectivity index is 2.06. The molecule has 4 aromatic rings. The van der Waals surface area contributed by atoms with E-state index < -0.39 is 39.8 Å². The van der Waals surface area contributed by atoms with Crippen molar-refractivity contribution in [1.82, 2.24) is 0 Å². The van der Waals surface area contributed by atoms with Gasteiger partial charge in [0.05, 0.1) is 27.8 Å². The van der Waals surface area contributed by atoms with Gasteiger partial charge in [-0.05, 0) is 61.7 Å². The molecule has 0 aliphatic rings. The van der Waals surface area contributed by atoms with Crippen molar-refractivity contribution < 1.29 is 23.8 Å². The second kappa shape index (κ2) is 7.28. The van der Waals surface area contributed by atoms with Crippen molar-refractivity contribution >= 4 is 39.8 Å². The van der Waals surface area contributed by atoms with Gasteiger partial charge in [-0.15, -0.1) is 0 Å². The van der Waals surface area contributed by atoms with Gasteiger partial charge < -0.3 is 23.8 Å². The molecule has 0 aliphatic carbocycles. The summed E-state index contributed by atoms with van der Waals surface area (Å²) in [6.45, 7) is 5.33. The highest BCUT2D eigenvalue weighted by atomic mass is 35.5. The number of carbonyl (C=O) groups is 1. The van der Waals surface area contributed by atoms with Crippen LogP contribution in [0.15, 0.2) is 42.7 Å². The highest BCUT2D eigenvalue weighted by molar-refractivity contribution is 6.32. The van der Waals surface area contributed by atoms with E-state index in [-0.39, 0.29) is 28.2 Å². The first-order valence-corrected chi connectivity index (χ1v) is 9.69. The van der Waals surface area contributed by atoms with Gasteiger partial charge in [-0.25, -0.2) is 9.59 Å². The number of hydrogen-bond donors (Lipinski definition) is 2. The van der Waals surface area contributed by atoms with Gasteiger partial charge in [-0.1, -0.05) is 11.6 Å². The first-order chi connectivity index (χ1) is 14.6. The van der Waals surface area contributed by atoms with Gasteiger partial charge in [0.25, 0.3) is 0 Å². The molecule has 2 heterocycles. The number of halogens is 1. The quantitative estimate of drug-likeness (QED) is 0.361. The van der Waals surface area contributed by atoms with E-state index in [0.717, 1.165) is 11.1 Å². The lowest BCUT2D eigenvalue weighted by atomic mass is 9.91. The van der Waals surface area contributed by atoms with Crippen molar-refractivity contribution in [2.24, 2.45) is 0 Å². The lowest BCUT2D eigenvalue weighted by Crippen LogP contribution is -2.21. The van der Waals surface area contributed by atoms with Gasteiger partial charge in [0, 0.05) is 5.02 Å². The zero-order valence-electron chi connectivity index (χ0n) is 16.8. The predicted octanol–water partition coefficient (Wildman–Crippen LogP) is 4.22. The molecule has 2 aromatic carbocycles. The number of aryl methyl sites for hydroxylation is 3. The van der Waals surface area contributed by atoms with Crippen LogP contribution in [0.5, 0.6) is 11.5 Å². The Hall–Kier alpha value is -3.58. The first-order valence-electron chi connectivity index (χ1n) is 9.32. The molecule has 0 amide bonds. The topological polar surface area (TPSA) is 118 Å². The zero-order valence-corrected chi connectivity index (χ0v) is 17.5. The minimum Gasteiger partial charge on any atom is -0.507 e. The Bertz CT molecular complexity index is 1400. The second-order valence-electron chi connectivity index (χ2n) is 7.45. The van der Waals surface area contributed by atoms with E-state index in [1.165, 1.54) is 12.1 Å². The summed E-state index contributed by atoms with van der Waals surface area (Å²) >= 11 is 6.12. The van der Waals surface area contributed by atoms with Gasteiger partial charge >= 0.3 is 11.3 Å². The molecule has 0 radical (unpaired) electrons. The van der Waals surface area contributed by atoms with Gasteiger partial charge in [-0.3, -0.25) is 0 Å². The molecule has 0 saturated heterocycles. The molecule has 0 fully saturated rings. The van der Waals surface area contributed by atoms with E-state index >= 15 is 0 Å². The van der Waals surface area contributed by atoms with Crippen molar-refractivity contribution in [2.75, 3.05) is 0 Å². The Morgan fingerprint density at radius 2 is 1.26 bits per heavy atom. The molecule has 158 valence electrons. The van der Waals surface area contributed by atoms with E-state index in [0.29, 0.717) is 10.6 Å². The lowest BCUT2D eigenvalue weighted by molar-refractivity contribution is -0.108. The summed E-state index contributed by atoms with van der Waals surface area (Å²) in [6.07, 6.45) is 0.270. The van der Waals surface area contributed by atoms with Crippen molar-refractivity contribution in [1.29, 1.82) is 0 Å². The summed E-state index contributed by atoms with van der Waals surface area (Å²) in [7, 11) is 0. The summed E-state index contributed by atoms with van der Waals surface area (Å²) < 4.78 is 10.6. The van der Waals surface area contributed by atoms with Gasteiger partial charge in [0.15, 0.2) is 0 Å². The van der Waals surface area contributed by atoms with Gasteiger partial charge in [-0.2, -0.15) is 0 Å². The molecule has 0 spiro atoms. The Morgan fingerprint density at radius 3 is 1.77 bits per heavy atom. The zero-order chi connectivity index (χ0) is 22.6. The number of rotatable bonds is 3. The van der Waals surface area contributed by atoms with Crippen LogP contribution >= 0.6 is 11.6 Å². The normalized spacial score (nSPS) is 12.4. The van der Waals surface area contributed by atoms with Crippen LogP contribution in [0, 0.1) is 20.8 Å². The molecule has 2 aromatic heterocycles. The smallest absolute Gasteiger partial charge is 0.344 e. The second-order valence-corrected chi connectivity index (χ2v) is 7.85. The van der Waals surface area contributed by atoms with Crippen LogP contribution in [-0.2, 0) is 4.79 Å². The van der Waals surface area contributed by atoms with Crippen molar-refractivity contribution in [3.05, 3.63) is 77.9 Å². The van der Waals surface area contributed by atoms with Crippen molar-refractivity contribution in [2.45, 2.75) is 26.7 Å². The Kier molecular flexibility index (Phi) is 4.86. The monoisotopic (exact) mass is 440 g/mol. The molecule has 7 nitrogen and oxygen atoms in total. The standard InChI is InChI=1S/C23H17ClO7/c1-9-4-12-16(5-10(9)2)30-22(28)18(20(12)26)14(8-25)19-21(27)13-7-15(24)11(3)6-17(13)31-23(19)29/h4-8,14,26-27H,1-3H3. The first kappa shape index (κ1) is 20.7. The van der Waals surface area contributed by atoms with Crippen LogP contribution in [0.25, 0.3) is 21.9 Å².